The summed E-state index contributed by atoms with van der Waals surface area (Å²) in [6, 6.07) is 2.46. The van der Waals surface area contributed by atoms with Gasteiger partial charge in [0.25, 0.3) is 0 Å². The zero-order chi connectivity index (χ0) is 14.9. The number of nitrogens with zero attached hydrogens (tertiary/aromatic N) is 1. The summed E-state index contributed by atoms with van der Waals surface area (Å²) in [5.41, 5.74) is 0. The molecule has 1 N–H and O–H groups in total. The number of carboxylic acid groups (broad SMARTS) is 1. The van der Waals surface area contributed by atoms with E-state index in [1.807, 2.05) is 0 Å². The minimum Gasteiger partial charge on any atom is -0.481 e. The Kier molecular flexibility index (Phi) is 4.31. The van der Waals surface area contributed by atoms with Crippen LogP contribution in [-0.2, 0) is 14.8 Å². The first-order valence-electron chi connectivity index (χ1n) is 6.01. The van der Waals surface area contributed by atoms with E-state index >= 15 is 0 Å². The second kappa shape index (κ2) is 5.67. The second-order valence-electron chi connectivity index (χ2n) is 4.58. The van der Waals surface area contributed by atoms with Gasteiger partial charge in [0.05, 0.1) is 11.4 Å². The molecule has 1 fully saturated rings. The van der Waals surface area contributed by atoms with Gasteiger partial charge in [-0.3, -0.25) is 4.79 Å². The third kappa shape index (κ3) is 2.94. The number of hydrogen-bond acceptors (Lipinski definition) is 3. The van der Waals surface area contributed by atoms with Gasteiger partial charge in [0.2, 0.25) is 10.0 Å². The first-order valence-corrected chi connectivity index (χ1v) is 7.83. The zero-order valence-corrected chi connectivity index (χ0v) is 12.0. The van der Waals surface area contributed by atoms with Gasteiger partial charge in [-0.25, -0.2) is 12.8 Å². The molecule has 0 spiro atoms. The van der Waals surface area contributed by atoms with Crippen molar-refractivity contribution < 1.29 is 22.7 Å². The summed E-state index contributed by atoms with van der Waals surface area (Å²) in [7, 11) is -3.91. The first kappa shape index (κ1) is 15.2. The molecule has 1 aromatic rings. The molecule has 1 aliphatic rings. The largest absolute Gasteiger partial charge is 0.481 e. The number of rotatable bonds is 4. The van der Waals surface area contributed by atoms with Gasteiger partial charge < -0.3 is 5.11 Å². The number of carboxylic acids is 1. The van der Waals surface area contributed by atoms with Gasteiger partial charge in [0.15, 0.2) is 0 Å². The number of halogens is 2. The molecule has 0 radical (unpaired) electrons. The van der Waals surface area contributed by atoms with E-state index in [4.69, 9.17) is 16.7 Å². The standard InChI is InChI=1S/C12H13ClFNO4S/c13-10-6-8(14)3-4-11(10)20(18,19)15-5-1-2-9(15)7-12(16)17/h3-4,6,9H,1-2,5,7H2,(H,16,17). The third-order valence-electron chi connectivity index (χ3n) is 3.21. The maximum Gasteiger partial charge on any atom is 0.304 e. The molecule has 0 aromatic heterocycles. The molecule has 110 valence electrons. The molecular formula is C12H13ClFNO4S. The van der Waals surface area contributed by atoms with Crippen LogP contribution in [-0.4, -0.2) is 36.4 Å². The maximum absolute atomic E-state index is 13.0. The van der Waals surface area contributed by atoms with Crippen molar-refractivity contribution in [3.63, 3.8) is 0 Å². The van der Waals surface area contributed by atoms with Crippen LogP contribution in [0.1, 0.15) is 19.3 Å². The Morgan fingerprint density at radius 2 is 2.20 bits per heavy atom. The van der Waals surface area contributed by atoms with Crippen molar-refractivity contribution in [1.29, 1.82) is 0 Å². The predicted molar refractivity (Wildman–Crippen MR) is 70.6 cm³/mol. The van der Waals surface area contributed by atoms with E-state index in [0.29, 0.717) is 12.8 Å². The molecule has 0 amide bonds. The van der Waals surface area contributed by atoms with E-state index in [0.717, 1.165) is 22.5 Å². The van der Waals surface area contributed by atoms with Gasteiger partial charge in [-0.1, -0.05) is 11.6 Å². The van der Waals surface area contributed by atoms with Crippen molar-refractivity contribution in [2.75, 3.05) is 6.54 Å². The fourth-order valence-corrected chi connectivity index (χ4v) is 4.54. The van der Waals surface area contributed by atoms with Crippen molar-refractivity contribution in [1.82, 2.24) is 4.31 Å². The Balaban J connectivity index is 2.36. The van der Waals surface area contributed by atoms with Crippen molar-refractivity contribution in [2.24, 2.45) is 0 Å². The fraction of sp³-hybridized carbons (Fsp3) is 0.417. The Morgan fingerprint density at radius 1 is 1.50 bits per heavy atom. The molecule has 20 heavy (non-hydrogen) atoms. The van der Waals surface area contributed by atoms with Crippen LogP contribution in [0.5, 0.6) is 0 Å². The molecule has 1 atom stereocenters. The number of aliphatic carboxylic acids is 1. The van der Waals surface area contributed by atoms with E-state index in [1.165, 1.54) is 0 Å². The SMILES string of the molecule is O=C(O)CC1CCCN1S(=O)(=O)c1ccc(F)cc1Cl. The van der Waals surface area contributed by atoms with E-state index in [-0.39, 0.29) is 22.9 Å². The highest BCUT2D eigenvalue weighted by atomic mass is 35.5. The van der Waals surface area contributed by atoms with Crippen molar-refractivity contribution in [2.45, 2.75) is 30.2 Å². The van der Waals surface area contributed by atoms with E-state index < -0.39 is 27.9 Å². The van der Waals surface area contributed by atoms with Crippen LogP contribution in [0.25, 0.3) is 0 Å². The Labute approximate surface area is 121 Å². The summed E-state index contributed by atoms with van der Waals surface area (Å²) in [5, 5.41) is 8.62. The van der Waals surface area contributed by atoms with E-state index in [1.54, 1.807) is 0 Å². The topological polar surface area (TPSA) is 74.7 Å². The molecule has 2 rings (SSSR count). The first-order chi connectivity index (χ1) is 9.32. The van der Waals surface area contributed by atoms with Gasteiger partial charge in [0, 0.05) is 12.6 Å². The molecule has 8 heteroatoms. The zero-order valence-electron chi connectivity index (χ0n) is 10.4. The number of sulfonamides is 1. The van der Waals surface area contributed by atoms with Crippen molar-refractivity contribution in [3.8, 4) is 0 Å². The van der Waals surface area contributed by atoms with Crippen LogP contribution in [0.15, 0.2) is 23.1 Å². The minimum absolute atomic E-state index is 0.196. The monoisotopic (exact) mass is 321 g/mol. The van der Waals surface area contributed by atoms with Gasteiger partial charge in [-0.05, 0) is 31.0 Å². The highest BCUT2D eigenvalue weighted by Crippen LogP contribution is 2.31. The molecule has 1 heterocycles. The summed E-state index contributed by atoms with van der Waals surface area (Å²) in [4.78, 5) is 10.6. The van der Waals surface area contributed by atoms with Gasteiger partial charge in [0.1, 0.15) is 10.7 Å². The van der Waals surface area contributed by atoms with Gasteiger partial charge in [-0.2, -0.15) is 4.31 Å². The van der Waals surface area contributed by atoms with Crippen LogP contribution < -0.4 is 0 Å². The van der Waals surface area contributed by atoms with Crippen molar-refractivity contribution in [3.05, 3.63) is 29.0 Å². The Morgan fingerprint density at radius 3 is 2.80 bits per heavy atom. The summed E-state index contributed by atoms with van der Waals surface area (Å²) in [5.74, 6) is -1.68. The second-order valence-corrected chi connectivity index (χ2v) is 6.85. The van der Waals surface area contributed by atoms with Crippen LogP contribution in [0.4, 0.5) is 4.39 Å². The minimum atomic E-state index is -3.91. The summed E-state index contributed by atoms with van der Waals surface area (Å²) < 4.78 is 39.1. The lowest BCUT2D eigenvalue weighted by Gasteiger charge is -2.23. The normalized spacial score (nSPS) is 20.2. The van der Waals surface area contributed by atoms with Crippen molar-refractivity contribution >= 4 is 27.6 Å². The lowest BCUT2D eigenvalue weighted by atomic mass is 10.2. The molecule has 0 bridgehead atoms. The van der Waals surface area contributed by atoms with Crippen LogP contribution >= 0.6 is 11.6 Å². The lowest BCUT2D eigenvalue weighted by Crippen LogP contribution is -2.37. The number of benzene rings is 1. The molecule has 1 aliphatic heterocycles. The quantitative estimate of drug-likeness (QED) is 0.921. The highest BCUT2D eigenvalue weighted by molar-refractivity contribution is 7.89. The smallest absolute Gasteiger partial charge is 0.304 e. The Hall–Kier alpha value is -1.18. The number of hydrogen-bond donors (Lipinski definition) is 1. The molecular weight excluding hydrogens is 309 g/mol. The molecule has 0 aliphatic carbocycles. The van der Waals surface area contributed by atoms with E-state index in [9.17, 15) is 17.6 Å². The van der Waals surface area contributed by atoms with Gasteiger partial charge >= 0.3 is 5.97 Å². The third-order valence-corrected chi connectivity index (χ3v) is 5.65. The van der Waals surface area contributed by atoms with Gasteiger partial charge in [-0.15, -0.1) is 0 Å². The summed E-state index contributed by atoms with van der Waals surface area (Å²) >= 11 is 5.78. The lowest BCUT2D eigenvalue weighted by molar-refractivity contribution is -0.137. The molecule has 0 saturated carbocycles. The van der Waals surface area contributed by atoms with Crippen LogP contribution in [0, 0.1) is 5.82 Å². The molecule has 1 unspecified atom stereocenters. The maximum atomic E-state index is 13.0. The fourth-order valence-electron chi connectivity index (χ4n) is 2.34. The average Bonchev–Trinajstić information content (AvgIpc) is 2.76. The average molecular weight is 322 g/mol. The summed E-state index contributed by atoms with van der Waals surface area (Å²) in [6.07, 6.45) is 0.832. The molecule has 5 nitrogen and oxygen atoms in total. The van der Waals surface area contributed by atoms with E-state index in [2.05, 4.69) is 0 Å². The molecule has 1 saturated heterocycles. The predicted octanol–water partition coefficient (Wildman–Crippen LogP) is 2.11. The molecule has 1 aromatic carbocycles. The van der Waals surface area contributed by atoms with Crippen LogP contribution in [0.3, 0.4) is 0 Å². The summed E-state index contributed by atoms with van der Waals surface area (Å²) in [6.45, 7) is 0.244. The Bertz CT molecular complexity index is 634. The highest BCUT2D eigenvalue weighted by Gasteiger charge is 2.37. The number of carbonyl (C=O) groups is 1. The van der Waals surface area contributed by atoms with Crippen LogP contribution in [0.2, 0.25) is 5.02 Å².